The van der Waals surface area contributed by atoms with Crippen LogP contribution in [0.5, 0.6) is 17.4 Å². The number of carbonyl (C=O) groups excluding carboxylic acids is 1. The average Bonchev–Trinajstić information content (AvgIpc) is 2.99. The van der Waals surface area contributed by atoms with Crippen LogP contribution in [0.4, 0.5) is 5.69 Å². The van der Waals surface area contributed by atoms with E-state index in [1.165, 1.54) is 0 Å². The van der Waals surface area contributed by atoms with Crippen molar-refractivity contribution in [1.29, 1.82) is 0 Å². The Morgan fingerprint density at radius 3 is 2.37 bits per heavy atom. The SMILES string of the molecule is CCOc1nc(C)cc2c1CC(=O)C=C(NCc1cccc(OC)c1)N2Cc1cccc(OC)c1. The van der Waals surface area contributed by atoms with Crippen LogP contribution in [0.2, 0.25) is 0 Å². The minimum absolute atomic E-state index is 0.0147. The maximum absolute atomic E-state index is 13.0. The number of methoxy groups -OCH3 is 2. The third-order valence-electron chi connectivity index (χ3n) is 5.78. The summed E-state index contributed by atoms with van der Waals surface area (Å²) in [4.78, 5) is 19.7. The van der Waals surface area contributed by atoms with Gasteiger partial charge in [0.15, 0.2) is 5.78 Å². The van der Waals surface area contributed by atoms with Gasteiger partial charge in [0.1, 0.15) is 17.3 Å². The van der Waals surface area contributed by atoms with Crippen molar-refractivity contribution in [1.82, 2.24) is 10.3 Å². The minimum Gasteiger partial charge on any atom is -0.497 e. The second kappa shape index (κ2) is 11.0. The number of hydrogen-bond acceptors (Lipinski definition) is 7. The van der Waals surface area contributed by atoms with Gasteiger partial charge in [-0.1, -0.05) is 24.3 Å². The third-order valence-corrected chi connectivity index (χ3v) is 5.78. The van der Waals surface area contributed by atoms with E-state index in [-0.39, 0.29) is 12.2 Å². The van der Waals surface area contributed by atoms with E-state index in [0.29, 0.717) is 31.4 Å². The minimum atomic E-state index is -0.0147. The van der Waals surface area contributed by atoms with Gasteiger partial charge in [-0.2, -0.15) is 0 Å². The van der Waals surface area contributed by atoms with Gasteiger partial charge in [-0.3, -0.25) is 4.79 Å². The summed E-state index contributed by atoms with van der Waals surface area (Å²) in [5, 5.41) is 3.49. The molecule has 0 spiro atoms. The number of anilines is 1. The van der Waals surface area contributed by atoms with Gasteiger partial charge in [0.25, 0.3) is 0 Å². The van der Waals surface area contributed by atoms with E-state index in [1.807, 2.05) is 68.4 Å². The molecule has 0 unspecified atom stereocenters. The van der Waals surface area contributed by atoms with Crippen LogP contribution in [0.3, 0.4) is 0 Å². The molecule has 3 aromatic rings. The maximum atomic E-state index is 13.0. The van der Waals surface area contributed by atoms with Crippen LogP contribution >= 0.6 is 0 Å². The molecule has 1 N–H and O–H groups in total. The molecule has 0 radical (unpaired) electrons. The quantitative estimate of drug-likeness (QED) is 0.488. The molecular formula is C28H31N3O4. The number of ketones is 1. The van der Waals surface area contributed by atoms with Crippen LogP contribution in [0, 0.1) is 6.92 Å². The molecule has 0 saturated heterocycles. The molecule has 0 aliphatic carbocycles. The molecule has 1 aliphatic heterocycles. The predicted octanol–water partition coefficient (Wildman–Crippen LogP) is 4.57. The van der Waals surface area contributed by atoms with Crippen LogP contribution < -0.4 is 24.4 Å². The summed E-state index contributed by atoms with van der Waals surface area (Å²) in [6, 6.07) is 17.8. The molecule has 182 valence electrons. The van der Waals surface area contributed by atoms with Crippen molar-refractivity contribution in [3.8, 4) is 17.4 Å². The fourth-order valence-electron chi connectivity index (χ4n) is 4.15. The molecule has 7 heteroatoms. The lowest BCUT2D eigenvalue weighted by Crippen LogP contribution is -2.31. The summed E-state index contributed by atoms with van der Waals surface area (Å²) in [5.74, 6) is 2.78. The standard InChI is InChI=1S/C28H31N3O4/c1-5-35-28-25-15-22(32)16-27(29-17-20-8-6-10-23(13-20)33-3)31(26(25)12-19(2)30-28)18-21-9-7-11-24(14-21)34-4/h6-14,16,29H,5,15,17-18H2,1-4H3. The third kappa shape index (κ3) is 5.74. The summed E-state index contributed by atoms with van der Waals surface area (Å²) in [5.41, 5.74) is 4.61. The predicted molar refractivity (Wildman–Crippen MR) is 136 cm³/mol. The molecule has 1 aromatic heterocycles. The molecule has 7 nitrogen and oxygen atoms in total. The molecular weight excluding hydrogens is 442 g/mol. The molecule has 1 aliphatic rings. The van der Waals surface area contributed by atoms with E-state index >= 15 is 0 Å². The Kier molecular flexibility index (Phi) is 7.55. The number of ether oxygens (including phenoxy) is 3. The van der Waals surface area contributed by atoms with E-state index in [9.17, 15) is 4.79 Å². The summed E-state index contributed by atoms with van der Waals surface area (Å²) < 4.78 is 16.6. The zero-order valence-electron chi connectivity index (χ0n) is 20.6. The van der Waals surface area contributed by atoms with Crippen molar-refractivity contribution in [2.75, 3.05) is 25.7 Å². The van der Waals surface area contributed by atoms with Gasteiger partial charge in [0.2, 0.25) is 5.88 Å². The molecule has 2 heterocycles. The van der Waals surface area contributed by atoms with Crippen LogP contribution in [-0.2, 0) is 24.3 Å². The van der Waals surface area contributed by atoms with Crippen molar-refractivity contribution in [3.63, 3.8) is 0 Å². The lowest BCUT2D eigenvalue weighted by Gasteiger charge is -2.29. The number of fused-ring (bicyclic) bond motifs is 1. The molecule has 4 rings (SSSR count). The van der Waals surface area contributed by atoms with E-state index in [1.54, 1.807) is 20.3 Å². The Morgan fingerprint density at radius 1 is 1.00 bits per heavy atom. The number of pyridine rings is 1. The Morgan fingerprint density at radius 2 is 1.69 bits per heavy atom. The summed E-state index contributed by atoms with van der Waals surface area (Å²) in [6.45, 7) is 5.39. The number of aryl methyl sites for hydroxylation is 1. The highest BCUT2D eigenvalue weighted by Gasteiger charge is 2.26. The smallest absolute Gasteiger partial charge is 0.219 e. The number of nitrogens with zero attached hydrogens (tertiary/aromatic N) is 2. The van der Waals surface area contributed by atoms with Crippen LogP contribution in [-0.4, -0.2) is 31.6 Å². The fourth-order valence-corrected chi connectivity index (χ4v) is 4.15. The topological polar surface area (TPSA) is 72.9 Å². The van der Waals surface area contributed by atoms with Gasteiger partial charge in [-0.25, -0.2) is 4.98 Å². The molecule has 0 amide bonds. The van der Waals surface area contributed by atoms with Crippen molar-refractivity contribution >= 4 is 11.5 Å². The van der Waals surface area contributed by atoms with Crippen molar-refractivity contribution in [3.05, 3.63) is 88.9 Å². The number of carbonyl (C=O) groups is 1. The van der Waals surface area contributed by atoms with E-state index in [0.717, 1.165) is 39.6 Å². The normalized spacial score (nSPS) is 13.0. The number of benzene rings is 2. The lowest BCUT2D eigenvalue weighted by molar-refractivity contribution is -0.114. The highest BCUT2D eigenvalue weighted by Crippen LogP contribution is 2.35. The Hall–Kier alpha value is -4.00. The van der Waals surface area contributed by atoms with Gasteiger partial charge in [-0.15, -0.1) is 0 Å². The van der Waals surface area contributed by atoms with E-state index in [4.69, 9.17) is 14.2 Å². The Balaban J connectivity index is 1.75. The first-order valence-corrected chi connectivity index (χ1v) is 11.7. The zero-order chi connectivity index (χ0) is 24.8. The second-order valence-electron chi connectivity index (χ2n) is 8.31. The number of aromatic nitrogens is 1. The van der Waals surface area contributed by atoms with E-state index in [2.05, 4.69) is 15.2 Å². The van der Waals surface area contributed by atoms with Crippen LogP contribution in [0.25, 0.3) is 0 Å². The maximum Gasteiger partial charge on any atom is 0.219 e. The van der Waals surface area contributed by atoms with Gasteiger partial charge in [0, 0.05) is 36.8 Å². The number of allylic oxidation sites excluding steroid dienone is 1. The number of nitrogens with one attached hydrogen (secondary N) is 1. The first-order valence-electron chi connectivity index (χ1n) is 11.7. The largest absolute Gasteiger partial charge is 0.497 e. The van der Waals surface area contributed by atoms with Crippen molar-refractivity contribution in [2.45, 2.75) is 33.4 Å². The van der Waals surface area contributed by atoms with Crippen LogP contribution in [0.15, 0.2) is 66.5 Å². The summed E-state index contributed by atoms with van der Waals surface area (Å²) >= 11 is 0. The van der Waals surface area contributed by atoms with Gasteiger partial charge < -0.3 is 24.4 Å². The average molecular weight is 474 g/mol. The highest BCUT2D eigenvalue weighted by atomic mass is 16.5. The number of rotatable bonds is 9. The number of hydrogen-bond donors (Lipinski definition) is 1. The van der Waals surface area contributed by atoms with Crippen LogP contribution in [0.1, 0.15) is 29.3 Å². The fraction of sp³-hybridized carbons (Fsp3) is 0.286. The lowest BCUT2D eigenvalue weighted by atomic mass is 10.1. The highest BCUT2D eigenvalue weighted by molar-refractivity contribution is 5.95. The molecule has 35 heavy (non-hydrogen) atoms. The summed E-state index contributed by atoms with van der Waals surface area (Å²) in [6.07, 6.45) is 1.89. The Labute approximate surface area is 206 Å². The monoisotopic (exact) mass is 473 g/mol. The van der Waals surface area contributed by atoms with Crippen molar-refractivity contribution in [2.24, 2.45) is 0 Å². The second-order valence-corrected chi connectivity index (χ2v) is 8.31. The van der Waals surface area contributed by atoms with Gasteiger partial charge in [0.05, 0.1) is 26.5 Å². The molecule has 0 fully saturated rings. The van der Waals surface area contributed by atoms with Gasteiger partial charge in [-0.05, 0) is 55.3 Å². The first-order chi connectivity index (χ1) is 17.0. The summed E-state index contributed by atoms with van der Waals surface area (Å²) in [7, 11) is 3.31. The molecule has 0 bridgehead atoms. The van der Waals surface area contributed by atoms with E-state index < -0.39 is 0 Å². The van der Waals surface area contributed by atoms with Crippen molar-refractivity contribution < 1.29 is 19.0 Å². The Bertz CT molecular complexity index is 1240. The molecule has 0 saturated carbocycles. The molecule has 0 atom stereocenters. The van der Waals surface area contributed by atoms with Gasteiger partial charge >= 0.3 is 0 Å². The molecule has 2 aromatic carbocycles. The zero-order valence-corrected chi connectivity index (χ0v) is 20.6. The first kappa shape index (κ1) is 24.1.